The zero-order chi connectivity index (χ0) is 19.5. The summed E-state index contributed by atoms with van der Waals surface area (Å²) in [5.74, 6) is 0.505. The van der Waals surface area contributed by atoms with Crippen molar-refractivity contribution in [1.29, 1.82) is 0 Å². The van der Waals surface area contributed by atoms with Crippen LogP contribution in [0.3, 0.4) is 0 Å². The number of nitrogens with zero attached hydrogens (tertiary/aromatic N) is 4. The molecule has 1 amide bonds. The van der Waals surface area contributed by atoms with Crippen LogP contribution in [0.5, 0.6) is 0 Å². The van der Waals surface area contributed by atoms with Crippen molar-refractivity contribution in [3.05, 3.63) is 64.0 Å². The molecule has 4 rings (SSSR count). The molecule has 2 aromatic heterocycles. The van der Waals surface area contributed by atoms with Gasteiger partial charge < -0.3 is 10.1 Å². The molecule has 1 aromatic carbocycles. The van der Waals surface area contributed by atoms with Gasteiger partial charge in [0, 0.05) is 29.3 Å². The lowest BCUT2D eigenvalue weighted by Crippen LogP contribution is -2.45. The number of amides is 1. The highest BCUT2D eigenvalue weighted by Crippen LogP contribution is 2.31. The fourth-order valence-electron chi connectivity index (χ4n) is 3.34. The zero-order valence-electron chi connectivity index (χ0n) is 15.0. The molecule has 7 nitrogen and oxygen atoms in total. The number of fused-ring (bicyclic) bond motifs is 1. The van der Waals surface area contributed by atoms with Crippen molar-refractivity contribution < 1.29 is 9.53 Å². The molecule has 1 aliphatic heterocycles. The maximum Gasteiger partial charge on any atom is 0.242 e. The summed E-state index contributed by atoms with van der Waals surface area (Å²) in [6.45, 7) is 2.69. The standard InChI is InChI=1S/C19H19Cl2N5O2/c20-13-4-5-14(15(21)11-13)18(25-7-9-28-10-8-25)19(27)22-12-17-24-23-16-3-1-2-6-26(16)17/h1-6,11,18H,7-10,12H2,(H,22,27)/t18-/m1/s1. The summed E-state index contributed by atoms with van der Waals surface area (Å²) in [5, 5.41) is 12.3. The molecule has 0 spiro atoms. The number of benzene rings is 1. The van der Waals surface area contributed by atoms with Gasteiger partial charge in [0.2, 0.25) is 5.91 Å². The Morgan fingerprint density at radius 1 is 1.18 bits per heavy atom. The molecule has 1 aliphatic rings. The van der Waals surface area contributed by atoms with Crippen molar-refractivity contribution in [2.45, 2.75) is 12.6 Å². The van der Waals surface area contributed by atoms with Crippen LogP contribution in [0.15, 0.2) is 42.6 Å². The molecule has 0 saturated carbocycles. The third-order valence-corrected chi connectivity index (χ3v) is 5.28. The molecule has 146 valence electrons. The predicted octanol–water partition coefficient (Wildman–Crippen LogP) is 2.73. The zero-order valence-corrected chi connectivity index (χ0v) is 16.5. The van der Waals surface area contributed by atoms with Crippen LogP contribution < -0.4 is 5.32 Å². The molecule has 1 atom stereocenters. The van der Waals surface area contributed by atoms with E-state index in [0.717, 1.165) is 11.2 Å². The molecule has 3 heterocycles. The Labute approximate surface area is 172 Å². The van der Waals surface area contributed by atoms with E-state index >= 15 is 0 Å². The first kappa shape index (κ1) is 19.1. The van der Waals surface area contributed by atoms with E-state index in [1.165, 1.54) is 0 Å². The molecular formula is C19H19Cl2N5O2. The molecule has 1 fully saturated rings. The molecule has 0 radical (unpaired) electrons. The molecule has 3 aromatic rings. The Kier molecular flexibility index (Phi) is 5.77. The smallest absolute Gasteiger partial charge is 0.242 e. The summed E-state index contributed by atoms with van der Waals surface area (Å²) in [6, 6.07) is 10.3. The van der Waals surface area contributed by atoms with E-state index in [2.05, 4.69) is 20.4 Å². The van der Waals surface area contributed by atoms with Crippen LogP contribution in [-0.2, 0) is 16.1 Å². The van der Waals surface area contributed by atoms with Gasteiger partial charge in [-0.15, -0.1) is 10.2 Å². The van der Waals surface area contributed by atoms with E-state index in [1.807, 2.05) is 28.8 Å². The van der Waals surface area contributed by atoms with Gasteiger partial charge in [0.1, 0.15) is 6.04 Å². The van der Waals surface area contributed by atoms with Crippen molar-refractivity contribution in [2.75, 3.05) is 26.3 Å². The number of morpholine rings is 1. The van der Waals surface area contributed by atoms with Crippen LogP contribution in [0.25, 0.3) is 5.65 Å². The monoisotopic (exact) mass is 419 g/mol. The first-order chi connectivity index (χ1) is 13.6. The molecule has 0 bridgehead atoms. The fourth-order valence-corrected chi connectivity index (χ4v) is 3.85. The summed E-state index contributed by atoms with van der Waals surface area (Å²) < 4.78 is 7.28. The predicted molar refractivity (Wildman–Crippen MR) is 106 cm³/mol. The molecule has 1 N–H and O–H groups in total. The molecular weight excluding hydrogens is 401 g/mol. The number of hydrogen-bond acceptors (Lipinski definition) is 5. The second kappa shape index (κ2) is 8.45. The summed E-state index contributed by atoms with van der Waals surface area (Å²) in [4.78, 5) is 15.2. The van der Waals surface area contributed by atoms with Crippen molar-refractivity contribution in [2.24, 2.45) is 0 Å². The van der Waals surface area contributed by atoms with Crippen LogP contribution in [0.2, 0.25) is 10.0 Å². The first-order valence-corrected chi connectivity index (χ1v) is 9.72. The number of halogens is 2. The lowest BCUT2D eigenvalue weighted by molar-refractivity contribution is -0.128. The summed E-state index contributed by atoms with van der Waals surface area (Å²) >= 11 is 12.5. The molecule has 0 aliphatic carbocycles. The highest BCUT2D eigenvalue weighted by atomic mass is 35.5. The molecule has 28 heavy (non-hydrogen) atoms. The van der Waals surface area contributed by atoms with Gasteiger partial charge in [-0.2, -0.15) is 0 Å². The van der Waals surface area contributed by atoms with Gasteiger partial charge >= 0.3 is 0 Å². The van der Waals surface area contributed by atoms with E-state index < -0.39 is 6.04 Å². The Bertz CT molecular complexity index is 987. The van der Waals surface area contributed by atoms with Crippen LogP contribution in [0.4, 0.5) is 0 Å². The number of carbonyl (C=O) groups is 1. The van der Waals surface area contributed by atoms with Crippen LogP contribution in [0, 0.1) is 0 Å². The number of rotatable bonds is 5. The average molecular weight is 420 g/mol. The van der Waals surface area contributed by atoms with Gasteiger partial charge in [0.15, 0.2) is 11.5 Å². The van der Waals surface area contributed by atoms with Crippen molar-refractivity contribution in [1.82, 2.24) is 24.8 Å². The van der Waals surface area contributed by atoms with Gasteiger partial charge in [-0.3, -0.25) is 14.1 Å². The summed E-state index contributed by atoms with van der Waals surface area (Å²) in [5.41, 5.74) is 1.45. The van der Waals surface area contributed by atoms with Gasteiger partial charge in [-0.05, 0) is 29.8 Å². The van der Waals surface area contributed by atoms with Crippen molar-refractivity contribution in [3.63, 3.8) is 0 Å². The summed E-state index contributed by atoms with van der Waals surface area (Å²) in [6.07, 6.45) is 1.87. The van der Waals surface area contributed by atoms with E-state index in [4.69, 9.17) is 27.9 Å². The summed E-state index contributed by atoms with van der Waals surface area (Å²) in [7, 11) is 0. The molecule has 0 unspecified atom stereocenters. The van der Waals surface area contributed by atoms with Crippen LogP contribution >= 0.6 is 23.2 Å². The third kappa shape index (κ3) is 3.98. The van der Waals surface area contributed by atoms with Gasteiger partial charge in [0.25, 0.3) is 0 Å². The number of nitrogens with one attached hydrogen (secondary N) is 1. The minimum Gasteiger partial charge on any atom is -0.379 e. The van der Waals surface area contributed by atoms with Crippen LogP contribution in [-0.4, -0.2) is 51.7 Å². The fraction of sp³-hybridized carbons (Fsp3) is 0.316. The minimum atomic E-state index is -0.534. The van der Waals surface area contributed by atoms with E-state index in [9.17, 15) is 4.79 Å². The van der Waals surface area contributed by atoms with Crippen molar-refractivity contribution in [3.8, 4) is 0 Å². The van der Waals surface area contributed by atoms with E-state index in [-0.39, 0.29) is 12.5 Å². The minimum absolute atomic E-state index is 0.154. The second-order valence-electron chi connectivity index (χ2n) is 6.48. The van der Waals surface area contributed by atoms with Gasteiger partial charge in [0.05, 0.1) is 19.8 Å². The SMILES string of the molecule is O=C(NCc1nnc2ccccn12)[C@@H](c1ccc(Cl)cc1Cl)N1CCOCC1. The number of pyridine rings is 1. The highest BCUT2D eigenvalue weighted by Gasteiger charge is 2.30. The molecule has 1 saturated heterocycles. The Balaban J connectivity index is 1.57. The maximum atomic E-state index is 13.2. The number of ether oxygens (including phenoxy) is 1. The Morgan fingerprint density at radius 2 is 2.00 bits per heavy atom. The Morgan fingerprint density at radius 3 is 2.79 bits per heavy atom. The topological polar surface area (TPSA) is 71.8 Å². The van der Waals surface area contributed by atoms with Gasteiger partial charge in [-0.1, -0.05) is 35.3 Å². The lowest BCUT2D eigenvalue weighted by atomic mass is 10.0. The average Bonchev–Trinajstić information content (AvgIpc) is 3.12. The number of hydrogen-bond donors (Lipinski definition) is 1. The van der Waals surface area contributed by atoms with E-state index in [1.54, 1.807) is 18.2 Å². The molecule has 9 heteroatoms. The maximum absolute atomic E-state index is 13.2. The van der Waals surface area contributed by atoms with Crippen LogP contribution in [0.1, 0.15) is 17.4 Å². The van der Waals surface area contributed by atoms with Crippen molar-refractivity contribution >= 4 is 34.8 Å². The highest BCUT2D eigenvalue weighted by molar-refractivity contribution is 6.35. The number of aromatic nitrogens is 3. The Hall–Kier alpha value is -2.19. The van der Waals surface area contributed by atoms with E-state index in [0.29, 0.717) is 42.2 Å². The third-order valence-electron chi connectivity index (χ3n) is 4.72. The van der Waals surface area contributed by atoms with Gasteiger partial charge in [-0.25, -0.2) is 0 Å². The quantitative estimate of drug-likeness (QED) is 0.688. The number of carbonyl (C=O) groups excluding carboxylic acids is 1. The largest absolute Gasteiger partial charge is 0.379 e. The normalized spacial score (nSPS) is 16.2. The first-order valence-electron chi connectivity index (χ1n) is 8.96. The second-order valence-corrected chi connectivity index (χ2v) is 7.32. The lowest BCUT2D eigenvalue weighted by Gasteiger charge is -2.34.